The van der Waals surface area contributed by atoms with Gasteiger partial charge in [0.1, 0.15) is 17.1 Å². The second-order valence-corrected chi connectivity index (χ2v) is 7.59. The summed E-state index contributed by atoms with van der Waals surface area (Å²) >= 11 is 6.26. The summed E-state index contributed by atoms with van der Waals surface area (Å²) < 4.78 is 10.7. The number of nitrogens with one attached hydrogen (secondary N) is 2. The molecule has 4 rings (SSSR count). The lowest BCUT2D eigenvalue weighted by Gasteiger charge is -2.25. The molecule has 1 saturated heterocycles. The first-order chi connectivity index (χ1) is 16.4. The minimum absolute atomic E-state index is 0.124. The van der Waals surface area contributed by atoms with Gasteiger partial charge in [0.25, 0.3) is 17.7 Å². The van der Waals surface area contributed by atoms with Gasteiger partial charge in [0.2, 0.25) is 0 Å². The van der Waals surface area contributed by atoms with Gasteiger partial charge >= 0.3 is 6.03 Å². The molecule has 1 aliphatic rings. The molecule has 0 saturated carbocycles. The predicted octanol–water partition coefficient (Wildman–Crippen LogP) is 3.61. The normalized spacial score (nSPS) is 14.8. The van der Waals surface area contributed by atoms with E-state index in [0.717, 1.165) is 4.90 Å². The molecule has 2 aromatic carbocycles. The predicted molar refractivity (Wildman–Crippen MR) is 123 cm³/mol. The monoisotopic (exact) mass is 479 g/mol. The van der Waals surface area contributed by atoms with Gasteiger partial charge in [0, 0.05) is 5.69 Å². The van der Waals surface area contributed by atoms with Gasteiger partial charge in [0.15, 0.2) is 6.61 Å². The van der Waals surface area contributed by atoms with Crippen LogP contribution in [-0.4, -0.2) is 35.3 Å². The van der Waals surface area contributed by atoms with Gasteiger partial charge in [-0.1, -0.05) is 35.9 Å². The van der Waals surface area contributed by atoms with E-state index in [1.807, 2.05) is 6.07 Å². The number of urea groups is 1. The smallest absolute Gasteiger partial charge is 0.331 e. The highest BCUT2D eigenvalue weighted by Crippen LogP contribution is 2.27. The van der Waals surface area contributed by atoms with E-state index in [4.69, 9.17) is 20.8 Å². The number of carbonyl (C=O) groups excluding carboxylic acids is 4. The molecule has 0 aliphatic carbocycles. The number of rotatable bonds is 7. The molecule has 1 aliphatic heterocycles. The highest BCUT2D eigenvalue weighted by molar-refractivity contribution is 6.33. The molecule has 34 heavy (non-hydrogen) atoms. The van der Waals surface area contributed by atoms with Crippen LogP contribution in [0.3, 0.4) is 0 Å². The van der Waals surface area contributed by atoms with Crippen molar-refractivity contribution in [3.63, 3.8) is 0 Å². The zero-order valence-electron chi connectivity index (χ0n) is 17.6. The van der Waals surface area contributed by atoms with E-state index >= 15 is 0 Å². The van der Waals surface area contributed by atoms with Crippen LogP contribution in [0.1, 0.15) is 11.3 Å². The molecule has 0 bridgehead atoms. The summed E-state index contributed by atoms with van der Waals surface area (Å²) in [5, 5.41) is 5.00. The SMILES string of the molecule is O=C(COc1ccc(/C=C2\C(=O)NC(=O)N(Cc3ccco3)C2=O)cc1Cl)Nc1ccccc1. The van der Waals surface area contributed by atoms with E-state index in [0.29, 0.717) is 17.0 Å². The molecule has 1 aromatic heterocycles. The van der Waals surface area contributed by atoms with Crippen LogP contribution in [0.4, 0.5) is 10.5 Å². The van der Waals surface area contributed by atoms with Crippen LogP contribution in [-0.2, 0) is 20.9 Å². The average molecular weight is 480 g/mol. The lowest BCUT2D eigenvalue weighted by atomic mass is 10.1. The third-order valence-electron chi connectivity index (χ3n) is 4.76. The van der Waals surface area contributed by atoms with Gasteiger partial charge in [-0.2, -0.15) is 0 Å². The maximum atomic E-state index is 12.8. The van der Waals surface area contributed by atoms with Gasteiger partial charge in [0.05, 0.1) is 17.8 Å². The third-order valence-corrected chi connectivity index (χ3v) is 5.06. The third kappa shape index (κ3) is 5.33. The van der Waals surface area contributed by atoms with Gasteiger partial charge in [-0.25, -0.2) is 4.79 Å². The number of furan rings is 1. The number of barbiturate groups is 1. The number of para-hydroxylation sites is 1. The van der Waals surface area contributed by atoms with Crippen molar-refractivity contribution in [3.8, 4) is 5.75 Å². The number of benzene rings is 2. The Labute approximate surface area is 198 Å². The number of anilines is 1. The molecule has 0 unspecified atom stereocenters. The minimum atomic E-state index is -0.834. The number of nitrogens with zero attached hydrogens (tertiary/aromatic N) is 1. The minimum Gasteiger partial charge on any atom is -0.482 e. The average Bonchev–Trinajstić information content (AvgIpc) is 3.33. The van der Waals surface area contributed by atoms with Crippen LogP contribution in [0.5, 0.6) is 5.75 Å². The molecule has 0 atom stereocenters. The van der Waals surface area contributed by atoms with Crippen LogP contribution < -0.4 is 15.4 Å². The van der Waals surface area contributed by atoms with Crippen molar-refractivity contribution in [2.75, 3.05) is 11.9 Å². The summed E-state index contributed by atoms with van der Waals surface area (Å²) in [6.07, 6.45) is 2.73. The molecular formula is C24H18ClN3O6. The van der Waals surface area contributed by atoms with Crippen molar-refractivity contribution in [1.29, 1.82) is 0 Å². The second kappa shape index (κ2) is 10.1. The molecule has 2 N–H and O–H groups in total. The van der Waals surface area contributed by atoms with Crippen molar-refractivity contribution in [1.82, 2.24) is 10.2 Å². The largest absolute Gasteiger partial charge is 0.482 e. The molecule has 0 spiro atoms. The molecule has 3 aromatic rings. The maximum Gasteiger partial charge on any atom is 0.331 e. The Morgan fingerprint density at radius 3 is 2.59 bits per heavy atom. The van der Waals surface area contributed by atoms with Crippen LogP contribution in [0.25, 0.3) is 6.08 Å². The summed E-state index contributed by atoms with van der Waals surface area (Å²) in [6, 6.07) is 15.9. The van der Waals surface area contributed by atoms with Crippen molar-refractivity contribution in [2.24, 2.45) is 0 Å². The maximum absolute atomic E-state index is 12.8. The van der Waals surface area contributed by atoms with Crippen molar-refractivity contribution in [3.05, 3.63) is 88.8 Å². The number of hydrogen-bond acceptors (Lipinski definition) is 6. The van der Waals surface area contributed by atoms with Crippen LogP contribution in [0.15, 0.2) is 76.9 Å². The Hall–Kier alpha value is -4.37. The second-order valence-electron chi connectivity index (χ2n) is 7.18. The number of hydrogen-bond donors (Lipinski definition) is 2. The topological polar surface area (TPSA) is 118 Å². The molecule has 9 nitrogen and oxygen atoms in total. The van der Waals surface area contributed by atoms with Crippen LogP contribution in [0, 0.1) is 0 Å². The summed E-state index contributed by atoms with van der Waals surface area (Å²) in [5.74, 6) is -1.31. The lowest BCUT2D eigenvalue weighted by molar-refractivity contribution is -0.130. The van der Waals surface area contributed by atoms with Gasteiger partial charge in [-0.3, -0.25) is 24.6 Å². The van der Waals surface area contributed by atoms with Gasteiger partial charge in [-0.15, -0.1) is 0 Å². The van der Waals surface area contributed by atoms with Gasteiger partial charge in [-0.05, 0) is 48.0 Å². The van der Waals surface area contributed by atoms with E-state index in [9.17, 15) is 19.2 Å². The fraction of sp³-hybridized carbons (Fsp3) is 0.0833. The number of carbonyl (C=O) groups is 4. The number of halogens is 1. The number of amides is 5. The molecule has 0 radical (unpaired) electrons. The lowest BCUT2D eigenvalue weighted by Crippen LogP contribution is -2.53. The first-order valence-corrected chi connectivity index (χ1v) is 10.5. The fourth-order valence-corrected chi connectivity index (χ4v) is 3.39. The zero-order chi connectivity index (χ0) is 24.1. The van der Waals surface area contributed by atoms with Crippen molar-refractivity contribution in [2.45, 2.75) is 6.54 Å². The van der Waals surface area contributed by atoms with E-state index in [1.54, 1.807) is 42.5 Å². The molecular weight excluding hydrogens is 462 g/mol. The number of ether oxygens (including phenoxy) is 1. The fourth-order valence-electron chi connectivity index (χ4n) is 3.15. The van der Waals surface area contributed by atoms with Crippen molar-refractivity contribution >= 4 is 47.1 Å². The Balaban J connectivity index is 1.44. The van der Waals surface area contributed by atoms with E-state index < -0.39 is 17.8 Å². The highest BCUT2D eigenvalue weighted by atomic mass is 35.5. The van der Waals surface area contributed by atoms with E-state index in [2.05, 4.69) is 10.6 Å². The molecule has 5 amide bonds. The Morgan fingerprint density at radius 2 is 1.88 bits per heavy atom. The van der Waals surface area contributed by atoms with Crippen LogP contribution >= 0.6 is 11.6 Å². The highest BCUT2D eigenvalue weighted by Gasteiger charge is 2.36. The molecule has 2 heterocycles. The Morgan fingerprint density at radius 1 is 1.09 bits per heavy atom. The number of imide groups is 2. The standard InChI is InChI=1S/C24H18ClN3O6/c25-19-12-15(8-9-20(19)34-14-21(29)26-16-5-2-1-3-6-16)11-18-22(30)27-24(32)28(23(18)31)13-17-7-4-10-33-17/h1-12H,13-14H2,(H,26,29)(H,27,30,32)/b18-11+. The van der Waals surface area contributed by atoms with Crippen LogP contribution in [0.2, 0.25) is 5.02 Å². The quantitative estimate of drug-likeness (QED) is 0.395. The summed E-state index contributed by atoms with van der Waals surface area (Å²) in [7, 11) is 0. The first kappa shape index (κ1) is 22.8. The van der Waals surface area contributed by atoms with E-state index in [-0.39, 0.29) is 35.4 Å². The summed E-state index contributed by atoms with van der Waals surface area (Å²) in [5.41, 5.74) is 0.828. The Bertz CT molecular complexity index is 1270. The Kier molecular flexibility index (Phi) is 6.74. The molecule has 172 valence electrons. The van der Waals surface area contributed by atoms with E-state index in [1.165, 1.54) is 24.5 Å². The molecule has 1 fully saturated rings. The summed E-state index contributed by atoms with van der Waals surface area (Å²) in [6.45, 7) is -0.388. The first-order valence-electron chi connectivity index (χ1n) is 10.1. The van der Waals surface area contributed by atoms with Gasteiger partial charge < -0.3 is 14.5 Å². The molecule has 10 heteroatoms. The zero-order valence-corrected chi connectivity index (χ0v) is 18.4. The van der Waals surface area contributed by atoms with Crippen molar-refractivity contribution < 1.29 is 28.3 Å². The summed E-state index contributed by atoms with van der Waals surface area (Å²) in [4.78, 5) is 50.1.